The third-order valence-corrected chi connectivity index (χ3v) is 4.05. The van der Waals surface area contributed by atoms with Crippen molar-refractivity contribution in [2.24, 2.45) is 0 Å². The summed E-state index contributed by atoms with van der Waals surface area (Å²) in [6.07, 6.45) is 0. The molecule has 2 heterocycles. The maximum atomic E-state index is 6.21. The Morgan fingerprint density at radius 2 is 1.95 bits per heavy atom. The molecule has 0 amide bonds. The van der Waals surface area contributed by atoms with E-state index >= 15 is 0 Å². The first-order valence-electron chi connectivity index (χ1n) is 5.83. The van der Waals surface area contributed by atoms with E-state index in [2.05, 4.69) is 19.0 Å². The van der Waals surface area contributed by atoms with E-state index in [-0.39, 0.29) is 0 Å². The molecule has 0 unspecified atom stereocenters. The molecular weight excluding hydrogens is 319 g/mol. The van der Waals surface area contributed by atoms with Crippen LogP contribution in [0, 0.1) is 13.8 Å². The molecule has 5 nitrogen and oxygen atoms in total. The van der Waals surface area contributed by atoms with Gasteiger partial charge in [0.05, 0.1) is 39.7 Å². The average molecular weight is 329 g/mol. The van der Waals surface area contributed by atoms with E-state index in [0.717, 1.165) is 23.2 Å². The van der Waals surface area contributed by atoms with Crippen LogP contribution in [0.4, 0.5) is 5.69 Å². The monoisotopic (exact) mass is 328 g/mol. The highest BCUT2D eigenvalue weighted by molar-refractivity contribution is 7.00. The van der Waals surface area contributed by atoms with Crippen molar-refractivity contribution < 1.29 is 4.42 Å². The van der Waals surface area contributed by atoms with Crippen LogP contribution in [0.2, 0.25) is 10.0 Å². The van der Waals surface area contributed by atoms with E-state index in [1.165, 1.54) is 0 Å². The zero-order chi connectivity index (χ0) is 14.3. The molecule has 0 atom stereocenters. The predicted molar refractivity (Wildman–Crippen MR) is 80.7 cm³/mol. The number of rotatable bonds is 3. The van der Waals surface area contributed by atoms with Gasteiger partial charge >= 0.3 is 0 Å². The van der Waals surface area contributed by atoms with Crippen LogP contribution in [0.1, 0.15) is 17.3 Å². The number of hydrogen-bond acceptors (Lipinski definition) is 6. The smallest absolute Gasteiger partial charge is 0.213 e. The molecule has 1 N–H and O–H groups in total. The number of nitrogens with zero attached hydrogens (tertiary/aromatic N) is 3. The van der Waals surface area contributed by atoms with Gasteiger partial charge < -0.3 is 9.73 Å². The molecular formula is C12H10Cl2N4OS. The zero-order valence-corrected chi connectivity index (χ0v) is 13.0. The van der Waals surface area contributed by atoms with E-state index < -0.39 is 0 Å². The second-order valence-electron chi connectivity index (χ2n) is 4.28. The summed E-state index contributed by atoms with van der Waals surface area (Å²) in [5.74, 6) is 1.41. The Labute approximate surface area is 129 Å². The summed E-state index contributed by atoms with van der Waals surface area (Å²) < 4.78 is 13.9. The number of anilines is 1. The van der Waals surface area contributed by atoms with Crippen molar-refractivity contribution in [2.75, 3.05) is 5.32 Å². The molecule has 0 radical (unpaired) electrons. The molecule has 104 valence electrons. The molecule has 2 aromatic heterocycles. The van der Waals surface area contributed by atoms with Gasteiger partial charge in [-0.25, -0.2) is 4.98 Å². The van der Waals surface area contributed by atoms with Crippen LogP contribution < -0.4 is 5.32 Å². The molecule has 20 heavy (non-hydrogen) atoms. The van der Waals surface area contributed by atoms with Crippen LogP contribution in [0.25, 0.3) is 11.0 Å². The molecule has 3 aromatic rings. The quantitative estimate of drug-likeness (QED) is 0.779. The van der Waals surface area contributed by atoms with E-state index in [0.29, 0.717) is 39.2 Å². The summed E-state index contributed by atoms with van der Waals surface area (Å²) in [7, 11) is 0. The third-order valence-electron chi connectivity index (χ3n) is 2.93. The first-order chi connectivity index (χ1) is 9.56. The van der Waals surface area contributed by atoms with Crippen molar-refractivity contribution in [3.05, 3.63) is 33.5 Å². The fourth-order valence-electron chi connectivity index (χ4n) is 1.82. The molecule has 1 aromatic carbocycles. The molecule has 3 rings (SSSR count). The second-order valence-corrected chi connectivity index (χ2v) is 5.62. The second kappa shape index (κ2) is 5.20. The van der Waals surface area contributed by atoms with Crippen molar-refractivity contribution in [3.63, 3.8) is 0 Å². The standard InChI is InChI=1S/C12H10Cl2N4OS/c1-5-6(2)19-9(16-5)4-15-10-7(13)3-8(14)11-12(10)18-20-17-11/h3,15H,4H2,1-2H3. The van der Waals surface area contributed by atoms with Gasteiger partial charge in [-0.15, -0.1) is 0 Å². The highest BCUT2D eigenvalue weighted by Gasteiger charge is 2.14. The lowest BCUT2D eigenvalue weighted by Crippen LogP contribution is -2.01. The number of aryl methyl sites for hydroxylation is 2. The lowest BCUT2D eigenvalue weighted by Gasteiger charge is -2.07. The molecule has 0 bridgehead atoms. The fraction of sp³-hybridized carbons (Fsp3) is 0.250. The molecule has 0 spiro atoms. The Bertz CT molecular complexity index is 764. The van der Waals surface area contributed by atoms with E-state index in [4.69, 9.17) is 27.6 Å². The van der Waals surface area contributed by atoms with Crippen LogP contribution in [-0.2, 0) is 6.54 Å². The van der Waals surface area contributed by atoms with Crippen molar-refractivity contribution in [3.8, 4) is 0 Å². The summed E-state index contributed by atoms with van der Waals surface area (Å²) in [4.78, 5) is 4.31. The minimum atomic E-state index is 0.419. The highest BCUT2D eigenvalue weighted by Crippen LogP contribution is 2.35. The lowest BCUT2D eigenvalue weighted by atomic mass is 10.2. The molecule has 0 saturated heterocycles. The number of halogens is 2. The molecule has 0 aliphatic rings. The van der Waals surface area contributed by atoms with E-state index in [1.54, 1.807) is 6.07 Å². The zero-order valence-electron chi connectivity index (χ0n) is 10.7. The summed E-state index contributed by atoms with van der Waals surface area (Å²) in [5, 5.41) is 4.17. The fourth-order valence-corrected chi connectivity index (χ4v) is 3.00. The number of benzene rings is 1. The number of fused-ring (bicyclic) bond motifs is 1. The Balaban J connectivity index is 1.92. The average Bonchev–Trinajstić information content (AvgIpc) is 2.97. The molecule has 0 aliphatic carbocycles. The van der Waals surface area contributed by atoms with Crippen LogP contribution in [0.5, 0.6) is 0 Å². The summed E-state index contributed by atoms with van der Waals surface area (Å²) >= 11 is 13.4. The number of nitrogens with one attached hydrogen (secondary N) is 1. The molecule has 0 aliphatic heterocycles. The van der Waals surface area contributed by atoms with Gasteiger partial charge in [0.25, 0.3) is 0 Å². The van der Waals surface area contributed by atoms with Gasteiger partial charge in [-0.3, -0.25) is 0 Å². The Hall–Kier alpha value is -1.37. The molecule has 8 heteroatoms. The van der Waals surface area contributed by atoms with Gasteiger partial charge in [0.15, 0.2) is 0 Å². The van der Waals surface area contributed by atoms with Crippen molar-refractivity contribution >= 4 is 51.7 Å². The van der Waals surface area contributed by atoms with Crippen molar-refractivity contribution in [1.82, 2.24) is 13.7 Å². The third kappa shape index (κ3) is 2.34. The van der Waals surface area contributed by atoms with Gasteiger partial charge in [-0.2, -0.15) is 8.75 Å². The van der Waals surface area contributed by atoms with Gasteiger partial charge in [0.1, 0.15) is 16.8 Å². The summed E-state index contributed by atoms with van der Waals surface area (Å²) in [6.45, 7) is 4.20. The van der Waals surface area contributed by atoms with Crippen LogP contribution >= 0.6 is 34.9 Å². The summed E-state index contributed by atoms with van der Waals surface area (Å²) in [6, 6.07) is 1.65. The van der Waals surface area contributed by atoms with Crippen molar-refractivity contribution in [1.29, 1.82) is 0 Å². The van der Waals surface area contributed by atoms with E-state index in [9.17, 15) is 0 Å². The minimum absolute atomic E-state index is 0.419. The summed E-state index contributed by atoms with van der Waals surface area (Å²) in [5.41, 5.74) is 2.87. The predicted octanol–water partition coefficient (Wildman–Crippen LogP) is 4.22. The maximum Gasteiger partial charge on any atom is 0.213 e. The Morgan fingerprint density at radius 3 is 2.65 bits per heavy atom. The molecule has 0 saturated carbocycles. The number of aromatic nitrogens is 3. The van der Waals surface area contributed by atoms with Crippen LogP contribution in [0.3, 0.4) is 0 Å². The lowest BCUT2D eigenvalue weighted by molar-refractivity contribution is 0.478. The Morgan fingerprint density at radius 1 is 1.20 bits per heavy atom. The largest absolute Gasteiger partial charge is 0.444 e. The Kier molecular flexibility index (Phi) is 3.54. The first kappa shape index (κ1) is 13.6. The van der Waals surface area contributed by atoms with Gasteiger partial charge in [0, 0.05) is 0 Å². The molecule has 0 fully saturated rings. The van der Waals surface area contributed by atoms with E-state index in [1.807, 2.05) is 13.8 Å². The first-order valence-corrected chi connectivity index (χ1v) is 7.32. The van der Waals surface area contributed by atoms with Gasteiger partial charge in [0.2, 0.25) is 5.89 Å². The SMILES string of the molecule is Cc1nc(CNc2c(Cl)cc(Cl)c3nsnc23)oc1C. The normalized spacial score (nSPS) is 11.2. The number of oxazole rings is 1. The highest BCUT2D eigenvalue weighted by atomic mass is 35.5. The van der Waals surface area contributed by atoms with Crippen LogP contribution in [-0.4, -0.2) is 13.7 Å². The van der Waals surface area contributed by atoms with Crippen LogP contribution in [0.15, 0.2) is 10.5 Å². The van der Waals surface area contributed by atoms with Gasteiger partial charge in [-0.05, 0) is 19.9 Å². The maximum absolute atomic E-state index is 6.21. The minimum Gasteiger partial charge on any atom is -0.444 e. The topological polar surface area (TPSA) is 63.8 Å². The van der Waals surface area contributed by atoms with Crippen molar-refractivity contribution in [2.45, 2.75) is 20.4 Å². The number of hydrogen-bond donors (Lipinski definition) is 1. The van der Waals surface area contributed by atoms with Gasteiger partial charge in [-0.1, -0.05) is 23.2 Å².